The Hall–Kier alpha value is -1.67. The number of carbonyl (C=O) groups excluding carboxylic acids is 2. The molecule has 1 aromatic rings. The number of aliphatic imine (C=N–C) groups is 1. The highest BCUT2D eigenvalue weighted by molar-refractivity contribution is 8.93. The van der Waals surface area contributed by atoms with Gasteiger partial charge in [-0.25, -0.2) is 4.39 Å². The Kier molecular flexibility index (Phi) is 5.36. The molecule has 2 amide bonds. The lowest BCUT2D eigenvalue weighted by Gasteiger charge is -2.29. The Labute approximate surface area is 141 Å². The standard InChI is InChI=1S/C14H12FN3O2S.BrH/c15-9-2-4-10(5-3-9)17-13(20)11-8-12(19)18-7-1-6-16-14(18)21-11;/h2-5,8H,1,6-7H2,(H,17,20);1H. The van der Waals surface area contributed by atoms with Crippen molar-refractivity contribution in [1.29, 1.82) is 0 Å². The summed E-state index contributed by atoms with van der Waals surface area (Å²) in [5.74, 6) is -0.994. The number of nitrogens with zero attached hydrogens (tertiary/aromatic N) is 2. The second-order valence-corrected chi connectivity index (χ2v) is 5.59. The van der Waals surface area contributed by atoms with E-state index in [0.717, 1.165) is 6.42 Å². The van der Waals surface area contributed by atoms with Gasteiger partial charge in [0.15, 0.2) is 5.17 Å². The Bertz CT molecular complexity index is 661. The summed E-state index contributed by atoms with van der Waals surface area (Å²) in [4.78, 5) is 30.3. The first-order valence-electron chi connectivity index (χ1n) is 6.46. The molecular weight excluding hydrogens is 373 g/mol. The van der Waals surface area contributed by atoms with Crippen molar-refractivity contribution in [3.63, 3.8) is 0 Å². The fourth-order valence-corrected chi connectivity index (χ4v) is 2.98. The number of hydrogen-bond acceptors (Lipinski definition) is 4. The van der Waals surface area contributed by atoms with Crippen molar-refractivity contribution in [1.82, 2.24) is 4.90 Å². The van der Waals surface area contributed by atoms with Gasteiger partial charge >= 0.3 is 0 Å². The molecule has 0 saturated carbocycles. The zero-order valence-electron chi connectivity index (χ0n) is 11.4. The third kappa shape index (κ3) is 3.56. The van der Waals surface area contributed by atoms with Crippen LogP contribution in [0.2, 0.25) is 0 Å². The maximum Gasteiger partial charge on any atom is 0.262 e. The van der Waals surface area contributed by atoms with Crippen LogP contribution in [0.1, 0.15) is 6.42 Å². The molecule has 0 spiro atoms. The van der Waals surface area contributed by atoms with Gasteiger partial charge in [-0.2, -0.15) is 0 Å². The molecular formula is C14H13BrFN3O2S. The monoisotopic (exact) mass is 385 g/mol. The van der Waals surface area contributed by atoms with Crippen LogP contribution in [-0.2, 0) is 9.59 Å². The predicted molar refractivity (Wildman–Crippen MR) is 89.7 cm³/mol. The van der Waals surface area contributed by atoms with Gasteiger partial charge in [0.2, 0.25) is 0 Å². The summed E-state index contributed by atoms with van der Waals surface area (Å²) in [7, 11) is 0. The lowest BCUT2D eigenvalue weighted by atomic mass is 10.3. The molecule has 8 heteroatoms. The van der Waals surface area contributed by atoms with E-state index in [4.69, 9.17) is 0 Å². The van der Waals surface area contributed by atoms with Crippen LogP contribution in [0.25, 0.3) is 0 Å². The Balaban J connectivity index is 0.00000176. The average molecular weight is 386 g/mol. The predicted octanol–water partition coefficient (Wildman–Crippen LogP) is 2.56. The van der Waals surface area contributed by atoms with Crippen molar-refractivity contribution in [2.24, 2.45) is 4.99 Å². The summed E-state index contributed by atoms with van der Waals surface area (Å²) in [6.45, 7) is 1.30. The smallest absolute Gasteiger partial charge is 0.262 e. The molecule has 2 heterocycles. The summed E-state index contributed by atoms with van der Waals surface area (Å²) in [6.07, 6.45) is 2.15. The van der Waals surface area contributed by atoms with E-state index in [-0.39, 0.29) is 28.7 Å². The second-order valence-electron chi connectivity index (χ2n) is 4.58. The van der Waals surface area contributed by atoms with E-state index in [1.807, 2.05) is 0 Å². The van der Waals surface area contributed by atoms with Gasteiger partial charge in [0.25, 0.3) is 11.8 Å². The van der Waals surface area contributed by atoms with Gasteiger partial charge in [0, 0.05) is 24.9 Å². The first-order valence-corrected chi connectivity index (χ1v) is 7.27. The van der Waals surface area contributed by atoms with Crippen LogP contribution in [0.15, 0.2) is 40.2 Å². The first-order chi connectivity index (χ1) is 10.1. The number of rotatable bonds is 2. The third-order valence-electron chi connectivity index (χ3n) is 3.07. The fourth-order valence-electron chi connectivity index (χ4n) is 2.03. The Morgan fingerprint density at radius 3 is 2.77 bits per heavy atom. The number of carbonyl (C=O) groups is 2. The van der Waals surface area contributed by atoms with Gasteiger partial charge in [0.05, 0.1) is 4.91 Å². The average Bonchev–Trinajstić information content (AvgIpc) is 2.49. The summed E-state index contributed by atoms with van der Waals surface area (Å²) >= 11 is 1.18. The van der Waals surface area contributed by atoms with Crippen LogP contribution in [0.4, 0.5) is 10.1 Å². The Morgan fingerprint density at radius 2 is 2.05 bits per heavy atom. The van der Waals surface area contributed by atoms with Gasteiger partial charge < -0.3 is 5.32 Å². The quantitative estimate of drug-likeness (QED) is 0.850. The number of amidine groups is 1. The van der Waals surface area contributed by atoms with Crippen LogP contribution < -0.4 is 5.32 Å². The Morgan fingerprint density at radius 1 is 1.32 bits per heavy atom. The van der Waals surface area contributed by atoms with Crippen molar-refractivity contribution in [3.8, 4) is 0 Å². The van der Waals surface area contributed by atoms with Gasteiger partial charge in [-0.05, 0) is 42.4 Å². The highest BCUT2D eigenvalue weighted by atomic mass is 79.9. The molecule has 1 N–H and O–H groups in total. The number of thioether (sulfide) groups is 1. The molecule has 0 fully saturated rings. The van der Waals surface area contributed by atoms with E-state index in [0.29, 0.717) is 28.8 Å². The summed E-state index contributed by atoms with van der Waals surface area (Å²) < 4.78 is 12.8. The van der Waals surface area contributed by atoms with Crippen molar-refractivity contribution in [2.75, 3.05) is 18.4 Å². The second kappa shape index (κ2) is 7.06. The molecule has 2 aliphatic rings. The normalized spacial score (nSPS) is 17.0. The minimum Gasteiger partial charge on any atom is -0.322 e. The topological polar surface area (TPSA) is 61.8 Å². The molecule has 116 valence electrons. The van der Waals surface area contributed by atoms with Crippen molar-refractivity contribution >= 4 is 51.4 Å². The number of halogens is 2. The molecule has 0 bridgehead atoms. The summed E-state index contributed by atoms with van der Waals surface area (Å²) in [5, 5.41) is 3.20. The van der Waals surface area contributed by atoms with Gasteiger partial charge in [-0.15, -0.1) is 17.0 Å². The molecule has 1 aromatic carbocycles. The maximum atomic E-state index is 12.8. The molecule has 5 nitrogen and oxygen atoms in total. The molecule has 2 aliphatic heterocycles. The highest BCUT2D eigenvalue weighted by Gasteiger charge is 2.30. The minimum absolute atomic E-state index is 0. The number of nitrogens with one attached hydrogen (secondary N) is 1. The molecule has 0 aliphatic carbocycles. The van der Waals surface area contributed by atoms with Crippen LogP contribution >= 0.6 is 28.7 Å². The third-order valence-corrected chi connectivity index (χ3v) is 4.12. The van der Waals surface area contributed by atoms with Crippen LogP contribution in [0, 0.1) is 5.82 Å². The van der Waals surface area contributed by atoms with E-state index in [1.165, 1.54) is 42.1 Å². The van der Waals surface area contributed by atoms with E-state index < -0.39 is 5.91 Å². The number of benzene rings is 1. The summed E-state index contributed by atoms with van der Waals surface area (Å²) in [6, 6.07) is 5.45. The van der Waals surface area contributed by atoms with E-state index in [1.54, 1.807) is 4.90 Å². The van der Waals surface area contributed by atoms with E-state index in [9.17, 15) is 14.0 Å². The van der Waals surface area contributed by atoms with Crippen molar-refractivity contribution in [3.05, 3.63) is 41.1 Å². The first kappa shape index (κ1) is 16.7. The summed E-state index contributed by atoms with van der Waals surface area (Å²) in [5.41, 5.74) is 0.475. The molecule has 0 atom stereocenters. The SMILES string of the molecule is Br.O=C(Nc1ccc(F)cc1)C1=CC(=O)N2CCCN=C2S1. The molecule has 0 unspecified atom stereocenters. The number of hydrogen-bond donors (Lipinski definition) is 1. The van der Waals surface area contributed by atoms with Gasteiger partial charge in [-0.1, -0.05) is 0 Å². The van der Waals surface area contributed by atoms with Gasteiger partial charge in [0.1, 0.15) is 5.82 Å². The van der Waals surface area contributed by atoms with Crippen molar-refractivity contribution in [2.45, 2.75) is 6.42 Å². The molecule has 0 radical (unpaired) electrons. The van der Waals surface area contributed by atoms with Crippen molar-refractivity contribution < 1.29 is 14.0 Å². The molecule has 3 rings (SSSR count). The molecule has 0 saturated heterocycles. The lowest BCUT2D eigenvalue weighted by Crippen LogP contribution is -2.41. The molecule has 22 heavy (non-hydrogen) atoms. The van der Waals surface area contributed by atoms with E-state index >= 15 is 0 Å². The number of fused-ring (bicyclic) bond motifs is 1. The number of anilines is 1. The maximum absolute atomic E-state index is 12.8. The largest absolute Gasteiger partial charge is 0.322 e. The fraction of sp³-hybridized carbons (Fsp3) is 0.214. The zero-order chi connectivity index (χ0) is 14.8. The molecule has 0 aromatic heterocycles. The van der Waals surface area contributed by atoms with E-state index in [2.05, 4.69) is 10.3 Å². The highest BCUT2D eigenvalue weighted by Crippen LogP contribution is 2.28. The van der Waals surface area contributed by atoms with Crippen LogP contribution in [0.3, 0.4) is 0 Å². The minimum atomic E-state index is -0.395. The lowest BCUT2D eigenvalue weighted by molar-refractivity contribution is -0.123. The zero-order valence-corrected chi connectivity index (χ0v) is 13.9. The van der Waals surface area contributed by atoms with Crippen LogP contribution in [-0.4, -0.2) is 35.0 Å². The van der Waals surface area contributed by atoms with Gasteiger partial charge in [-0.3, -0.25) is 19.5 Å². The van der Waals surface area contributed by atoms with Crippen LogP contribution in [0.5, 0.6) is 0 Å². The number of amides is 2.